The lowest BCUT2D eigenvalue weighted by molar-refractivity contribution is 0.457. The Balaban J connectivity index is 2.30. The number of halogens is 1. The standard InChI is InChI=1S/C14H17BrN2O3S/c1-10-5-3-4-6-11(10)9-17(2)21(18,19)13-7-12(8-16)20-14(13)15/h3-7H,8-9,16H2,1-2H3. The average molecular weight is 373 g/mol. The van der Waals surface area contributed by atoms with E-state index in [0.717, 1.165) is 11.1 Å². The Kier molecular flexibility index (Phi) is 4.88. The van der Waals surface area contributed by atoms with Gasteiger partial charge in [0.05, 0.1) is 6.54 Å². The van der Waals surface area contributed by atoms with Crippen LogP contribution >= 0.6 is 15.9 Å². The van der Waals surface area contributed by atoms with Crippen molar-refractivity contribution in [2.24, 2.45) is 5.73 Å². The van der Waals surface area contributed by atoms with Gasteiger partial charge in [0.1, 0.15) is 10.7 Å². The van der Waals surface area contributed by atoms with Crippen molar-refractivity contribution in [1.29, 1.82) is 0 Å². The van der Waals surface area contributed by atoms with Gasteiger partial charge in [-0.05, 0) is 34.0 Å². The Hall–Kier alpha value is -1.15. The third-order valence-corrected chi connectivity index (χ3v) is 5.91. The molecule has 0 unspecified atom stereocenters. The smallest absolute Gasteiger partial charge is 0.247 e. The van der Waals surface area contributed by atoms with Gasteiger partial charge in [0, 0.05) is 19.7 Å². The topological polar surface area (TPSA) is 76.5 Å². The second-order valence-electron chi connectivity index (χ2n) is 4.74. The van der Waals surface area contributed by atoms with Crippen molar-refractivity contribution in [3.05, 3.63) is 51.9 Å². The van der Waals surface area contributed by atoms with Crippen molar-refractivity contribution >= 4 is 26.0 Å². The van der Waals surface area contributed by atoms with Gasteiger partial charge >= 0.3 is 0 Å². The molecule has 2 aromatic rings. The second-order valence-corrected chi connectivity index (χ2v) is 7.48. The minimum atomic E-state index is -3.64. The number of hydrogen-bond acceptors (Lipinski definition) is 4. The lowest BCUT2D eigenvalue weighted by Gasteiger charge is -2.17. The Labute approximate surface area is 132 Å². The fourth-order valence-corrected chi connectivity index (χ4v) is 4.06. The van der Waals surface area contributed by atoms with E-state index in [0.29, 0.717) is 12.3 Å². The first-order valence-corrected chi connectivity index (χ1v) is 8.58. The summed E-state index contributed by atoms with van der Waals surface area (Å²) in [5, 5.41) is 0. The third kappa shape index (κ3) is 3.37. The molecule has 0 atom stereocenters. The molecule has 1 aromatic carbocycles. The number of hydrogen-bond donors (Lipinski definition) is 1. The summed E-state index contributed by atoms with van der Waals surface area (Å²) in [7, 11) is -2.09. The number of nitrogens with two attached hydrogens (primary N) is 1. The van der Waals surface area contributed by atoms with Crippen LogP contribution in [0.3, 0.4) is 0 Å². The molecular weight excluding hydrogens is 356 g/mol. The highest BCUT2D eigenvalue weighted by Crippen LogP contribution is 2.29. The quantitative estimate of drug-likeness (QED) is 0.874. The number of aryl methyl sites for hydroxylation is 1. The summed E-state index contributed by atoms with van der Waals surface area (Å²) in [6.45, 7) is 2.40. The molecule has 7 heteroatoms. The molecule has 0 amide bonds. The minimum absolute atomic E-state index is 0.0963. The van der Waals surface area contributed by atoms with E-state index < -0.39 is 10.0 Å². The molecule has 0 aliphatic carbocycles. The van der Waals surface area contributed by atoms with Crippen LogP contribution in [0.25, 0.3) is 0 Å². The van der Waals surface area contributed by atoms with E-state index in [1.54, 1.807) is 7.05 Å². The first-order valence-electron chi connectivity index (χ1n) is 6.35. The number of benzene rings is 1. The molecule has 5 nitrogen and oxygen atoms in total. The number of rotatable bonds is 5. The van der Waals surface area contributed by atoms with E-state index in [1.165, 1.54) is 10.4 Å². The summed E-state index contributed by atoms with van der Waals surface area (Å²) in [6, 6.07) is 9.14. The molecule has 0 saturated carbocycles. The van der Waals surface area contributed by atoms with Gasteiger partial charge < -0.3 is 10.2 Å². The number of furan rings is 1. The van der Waals surface area contributed by atoms with E-state index in [-0.39, 0.29) is 16.1 Å². The van der Waals surface area contributed by atoms with Gasteiger partial charge in [0.25, 0.3) is 0 Å². The number of sulfonamides is 1. The van der Waals surface area contributed by atoms with Gasteiger partial charge in [-0.3, -0.25) is 0 Å². The molecule has 21 heavy (non-hydrogen) atoms. The Bertz CT molecular complexity index is 740. The first kappa shape index (κ1) is 16.2. The van der Waals surface area contributed by atoms with Crippen molar-refractivity contribution < 1.29 is 12.8 Å². The van der Waals surface area contributed by atoms with Gasteiger partial charge in [-0.15, -0.1) is 0 Å². The summed E-state index contributed by atoms with van der Waals surface area (Å²) in [4.78, 5) is 0.0963. The average Bonchev–Trinajstić information content (AvgIpc) is 2.83. The van der Waals surface area contributed by atoms with Crippen LogP contribution in [0.2, 0.25) is 0 Å². The number of nitrogens with zero attached hydrogens (tertiary/aromatic N) is 1. The zero-order chi connectivity index (χ0) is 15.6. The maximum Gasteiger partial charge on any atom is 0.247 e. The summed E-state index contributed by atoms with van der Waals surface area (Å²) < 4.78 is 31.9. The SMILES string of the molecule is Cc1ccccc1CN(C)S(=O)(=O)c1cc(CN)oc1Br. The molecule has 0 fully saturated rings. The van der Waals surface area contributed by atoms with Crippen LogP contribution in [0.4, 0.5) is 0 Å². The third-order valence-electron chi connectivity index (χ3n) is 3.25. The molecule has 0 radical (unpaired) electrons. The van der Waals surface area contributed by atoms with E-state index in [9.17, 15) is 8.42 Å². The van der Waals surface area contributed by atoms with Crippen LogP contribution in [0, 0.1) is 6.92 Å². The van der Waals surface area contributed by atoms with Crippen molar-refractivity contribution in [1.82, 2.24) is 4.31 Å². The molecule has 0 aliphatic heterocycles. The van der Waals surface area contributed by atoms with Crippen molar-refractivity contribution in [2.75, 3.05) is 7.05 Å². The van der Waals surface area contributed by atoms with Crippen LogP contribution < -0.4 is 5.73 Å². The zero-order valence-corrected chi connectivity index (χ0v) is 14.2. The minimum Gasteiger partial charge on any atom is -0.452 e. The maximum atomic E-state index is 12.6. The predicted octanol–water partition coefficient (Wildman–Crippen LogP) is 2.63. The lowest BCUT2D eigenvalue weighted by Crippen LogP contribution is -2.26. The first-order chi connectivity index (χ1) is 9.86. The van der Waals surface area contributed by atoms with Gasteiger partial charge in [-0.2, -0.15) is 4.31 Å². The maximum absolute atomic E-state index is 12.6. The van der Waals surface area contributed by atoms with E-state index in [2.05, 4.69) is 15.9 Å². The van der Waals surface area contributed by atoms with Crippen molar-refractivity contribution in [2.45, 2.75) is 24.9 Å². The monoisotopic (exact) mass is 372 g/mol. The highest BCUT2D eigenvalue weighted by Gasteiger charge is 2.27. The van der Waals surface area contributed by atoms with Crippen LogP contribution in [0.15, 0.2) is 44.3 Å². The molecule has 1 heterocycles. The van der Waals surface area contributed by atoms with E-state index in [4.69, 9.17) is 10.2 Å². The molecule has 0 bridgehead atoms. The van der Waals surface area contributed by atoms with Gasteiger partial charge in [0.2, 0.25) is 10.0 Å². The lowest BCUT2D eigenvalue weighted by atomic mass is 10.1. The predicted molar refractivity (Wildman–Crippen MR) is 84.1 cm³/mol. The molecule has 114 valence electrons. The largest absolute Gasteiger partial charge is 0.452 e. The van der Waals surface area contributed by atoms with E-state index >= 15 is 0 Å². The molecule has 0 spiro atoms. The van der Waals surface area contributed by atoms with Crippen LogP contribution in [0.5, 0.6) is 0 Å². The van der Waals surface area contributed by atoms with Gasteiger partial charge in [-0.25, -0.2) is 8.42 Å². The van der Waals surface area contributed by atoms with Crippen LogP contribution in [0.1, 0.15) is 16.9 Å². The van der Waals surface area contributed by atoms with Crippen LogP contribution in [-0.2, 0) is 23.1 Å². The molecular formula is C14H17BrN2O3S. The summed E-state index contributed by atoms with van der Waals surface area (Å²) in [6.07, 6.45) is 0. The van der Waals surface area contributed by atoms with Crippen molar-refractivity contribution in [3.8, 4) is 0 Å². The van der Waals surface area contributed by atoms with Crippen LogP contribution in [-0.4, -0.2) is 19.8 Å². The fraction of sp³-hybridized carbons (Fsp3) is 0.286. The summed E-state index contributed by atoms with van der Waals surface area (Å²) >= 11 is 3.13. The zero-order valence-electron chi connectivity index (χ0n) is 11.8. The second kappa shape index (κ2) is 6.31. The Morgan fingerprint density at radius 1 is 1.33 bits per heavy atom. The van der Waals surface area contributed by atoms with Gasteiger partial charge in [0.15, 0.2) is 4.67 Å². The Morgan fingerprint density at radius 2 is 2.00 bits per heavy atom. The summed E-state index contributed by atoms with van der Waals surface area (Å²) in [5.74, 6) is 0.421. The fourth-order valence-electron chi connectivity index (χ4n) is 1.95. The summed E-state index contributed by atoms with van der Waals surface area (Å²) in [5.41, 5.74) is 7.48. The van der Waals surface area contributed by atoms with Gasteiger partial charge in [-0.1, -0.05) is 24.3 Å². The molecule has 0 saturated heterocycles. The molecule has 1 aromatic heterocycles. The molecule has 2 N–H and O–H groups in total. The highest BCUT2D eigenvalue weighted by atomic mass is 79.9. The molecule has 0 aliphatic rings. The normalized spacial score (nSPS) is 12.0. The van der Waals surface area contributed by atoms with Crippen molar-refractivity contribution in [3.63, 3.8) is 0 Å². The Morgan fingerprint density at radius 3 is 2.57 bits per heavy atom. The van der Waals surface area contributed by atoms with E-state index in [1.807, 2.05) is 31.2 Å². The molecule has 2 rings (SSSR count). The highest BCUT2D eigenvalue weighted by molar-refractivity contribution is 9.10.